The largest absolute Gasteiger partial charge is 0.487 e. The molecule has 0 unspecified atom stereocenters. The van der Waals surface area contributed by atoms with Gasteiger partial charge in [-0.3, -0.25) is 15.2 Å². The lowest BCUT2D eigenvalue weighted by atomic mass is 10.1. The van der Waals surface area contributed by atoms with Crippen molar-refractivity contribution in [1.29, 1.82) is 0 Å². The molecule has 3 N–H and O–H groups in total. The van der Waals surface area contributed by atoms with Crippen molar-refractivity contribution in [3.8, 4) is 5.75 Å². The summed E-state index contributed by atoms with van der Waals surface area (Å²) in [6.07, 6.45) is 3.41. The maximum Gasteiger partial charge on any atom is 0.238 e. The fourth-order valence-corrected chi connectivity index (χ4v) is 1.79. The summed E-state index contributed by atoms with van der Waals surface area (Å²) < 4.78 is 5.57. The minimum atomic E-state index is -0.223. The number of carbonyl (C=O) groups excluding carboxylic acids is 1. The molecule has 1 amide bonds. The summed E-state index contributed by atoms with van der Waals surface area (Å²) in [5.41, 5.74) is 3.97. The number of rotatable bonds is 5. The van der Waals surface area contributed by atoms with Gasteiger partial charge in [-0.25, -0.2) is 5.84 Å². The van der Waals surface area contributed by atoms with Crippen LogP contribution < -0.4 is 16.0 Å². The number of nitrogens with zero attached hydrogens (tertiary/aromatic N) is 1. The molecule has 0 aliphatic heterocycles. The van der Waals surface area contributed by atoms with E-state index in [9.17, 15) is 4.79 Å². The molecule has 2 rings (SSSR count). The number of hydrogen-bond donors (Lipinski definition) is 2. The first kappa shape index (κ1) is 14.3. The molecule has 6 heteroatoms. The van der Waals surface area contributed by atoms with E-state index >= 15 is 0 Å². The van der Waals surface area contributed by atoms with Gasteiger partial charge in [-0.2, -0.15) is 0 Å². The van der Waals surface area contributed by atoms with Crippen LogP contribution in [0.15, 0.2) is 42.7 Å². The highest BCUT2D eigenvalue weighted by Gasteiger charge is 2.02. The molecule has 1 heterocycles. The first-order valence-corrected chi connectivity index (χ1v) is 6.36. The van der Waals surface area contributed by atoms with Crippen LogP contribution in [-0.4, -0.2) is 10.9 Å². The molecule has 0 saturated heterocycles. The molecule has 0 atom stereocenters. The third-order valence-electron chi connectivity index (χ3n) is 2.63. The van der Waals surface area contributed by atoms with Crippen LogP contribution in [0, 0.1) is 0 Å². The summed E-state index contributed by atoms with van der Waals surface area (Å²) in [7, 11) is 0. The summed E-state index contributed by atoms with van der Waals surface area (Å²) in [5.74, 6) is 5.43. The Balaban J connectivity index is 1.92. The molecule has 104 valence electrons. The van der Waals surface area contributed by atoms with Crippen molar-refractivity contribution in [3.63, 3.8) is 0 Å². The quantitative estimate of drug-likeness (QED) is 0.501. The molecule has 20 heavy (non-hydrogen) atoms. The highest BCUT2D eigenvalue weighted by molar-refractivity contribution is 6.30. The van der Waals surface area contributed by atoms with Crippen LogP contribution in [0.4, 0.5) is 0 Å². The van der Waals surface area contributed by atoms with Crippen molar-refractivity contribution in [2.45, 2.75) is 13.0 Å². The van der Waals surface area contributed by atoms with E-state index in [-0.39, 0.29) is 12.3 Å². The zero-order chi connectivity index (χ0) is 14.4. The molecule has 0 spiro atoms. The van der Waals surface area contributed by atoms with Gasteiger partial charge < -0.3 is 4.74 Å². The molecule has 1 aromatic carbocycles. The first-order valence-electron chi connectivity index (χ1n) is 5.98. The summed E-state index contributed by atoms with van der Waals surface area (Å²) >= 11 is 5.82. The predicted molar refractivity (Wildman–Crippen MR) is 76.1 cm³/mol. The Morgan fingerprint density at radius 2 is 1.95 bits per heavy atom. The number of aromatic nitrogens is 1. The van der Waals surface area contributed by atoms with E-state index in [1.807, 2.05) is 24.3 Å². The van der Waals surface area contributed by atoms with Crippen molar-refractivity contribution in [1.82, 2.24) is 10.4 Å². The number of hydrazine groups is 1. The SMILES string of the molecule is NNC(=O)Cc1ccc(COc2cncc(Cl)c2)cc1. The maximum atomic E-state index is 11.1. The lowest BCUT2D eigenvalue weighted by Crippen LogP contribution is -2.31. The van der Waals surface area contributed by atoms with Crippen LogP contribution in [0.5, 0.6) is 5.75 Å². The monoisotopic (exact) mass is 291 g/mol. The smallest absolute Gasteiger partial charge is 0.238 e. The molecule has 1 aromatic heterocycles. The Morgan fingerprint density at radius 3 is 2.60 bits per heavy atom. The van der Waals surface area contributed by atoms with E-state index in [1.165, 1.54) is 0 Å². The van der Waals surface area contributed by atoms with Crippen LogP contribution in [0.1, 0.15) is 11.1 Å². The number of carbonyl (C=O) groups is 1. The number of nitrogens with one attached hydrogen (secondary N) is 1. The van der Waals surface area contributed by atoms with Gasteiger partial charge in [0.25, 0.3) is 0 Å². The van der Waals surface area contributed by atoms with E-state index in [1.54, 1.807) is 18.5 Å². The fraction of sp³-hybridized carbons (Fsp3) is 0.143. The Morgan fingerprint density at radius 1 is 1.25 bits per heavy atom. The minimum Gasteiger partial charge on any atom is -0.487 e. The van der Waals surface area contributed by atoms with Crippen molar-refractivity contribution in [2.24, 2.45) is 5.84 Å². The molecule has 2 aromatic rings. The zero-order valence-corrected chi connectivity index (χ0v) is 11.4. The van der Waals surface area contributed by atoms with Gasteiger partial charge in [0.1, 0.15) is 12.4 Å². The molecule has 5 nitrogen and oxygen atoms in total. The third-order valence-corrected chi connectivity index (χ3v) is 2.84. The molecular weight excluding hydrogens is 278 g/mol. The standard InChI is InChI=1S/C14H14ClN3O2/c15-12-6-13(8-17-7-12)20-9-11-3-1-10(2-4-11)5-14(19)18-16/h1-4,6-8H,5,9,16H2,(H,18,19). The molecule has 0 saturated carbocycles. The second kappa shape index (κ2) is 6.88. The van der Waals surface area contributed by atoms with Crippen LogP contribution in [0.2, 0.25) is 5.02 Å². The molecule has 0 radical (unpaired) electrons. The second-order valence-electron chi connectivity index (χ2n) is 4.19. The highest BCUT2D eigenvalue weighted by Crippen LogP contribution is 2.16. The summed E-state index contributed by atoms with van der Waals surface area (Å²) in [6, 6.07) is 9.23. The van der Waals surface area contributed by atoms with Gasteiger partial charge in [0.05, 0.1) is 17.6 Å². The molecule has 0 fully saturated rings. The van der Waals surface area contributed by atoms with E-state index in [0.717, 1.165) is 11.1 Å². The van der Waals surface area contributed by atoms with Gasteiger partial charge in [-0.1, -0.05) is 35.9 Å². The second-order valence-corrected chi connectivity index (χ2v) is 4.62. The topological polar surface area (TPSA) is 77.2 Å². The van der Waals surface area contributed by atoms with Crippen LogP contribution in [-0.2, 0) is 17.8 Å². The van der Waals surface area contributed by atoms with Crippen LogP contribution >= 0.6 is 11.6 Å². The molecule has 0 aliphatic carbocycles. The summed E-state index contributed by atoms with van der Waals surface area (Å²) in [4.78, 5) is 15.1. The van der Waals surface area contributed by atoms with E-state index in [2.05, 4.69) is 10.4 Å². The number of benzene rings is 1. The maximum absolute atomic E-state index is 11.1. The number of ether oxygens (including phenoxy) is 1. The number of pyridine rings is 1. The Kier molecular flexibility index (Phi) is 4.92. The van der Waals surface area contributed by atoms with Crippen molar-refractivity contribution < 1.29 is 9.53 Å². The number of hydrogen-bond acceptors (Lipinski definition) is 4. The summed E-state index contributed by atoms with van der Waals surface area (Å²) in [6.45, 7) is 0.408. The first-order chi connectivity index (χ1) is 9.67. The van der Waals surface area contributed by atoms with Crippen molar-refractivity contribution in [3.05, 3.63) is 58.9 Å². The van der Waals surface area contributed by atoms with Crippen LogP contribution in [0.3, 0.4) is 0 Å². The Bertz CT molecular complexity index is 587. The zero-order valence-electron chi connectivity index (χ0n) is 10.7. The van der Waals surface area contributed by atoms with E-state index in [4.69, 9.17) is 22.2 Å². The van der Waals surface area contributed by atoms with Gasteiger partial charge in [-0.15, -0.1) is 0 Å². The average molecular weight is 292 g/mol. The average Bonchev–Trinajstić information content (AvgIpc) is 2.46. The number of amides is 1. The lowest BCUT2D eigenvalue weighted by Gasteiger charge is -2.07. The van der Waals surface area contributed by atoms with E-state index in [0.29, 0.717) is 17.4 Å². The van der Waals surface area contributed by atoms with Crippen molar-refractivity contribution in [2.75, 3.05) is 0 Å². The predicted octanol–water partition coefficient (Wildman–Crippen LogP) is 1.85. The van der Waals surface area contributed by atoms with Gasteiger partial charge in [0.2, 0.25) is 5.91 Å². The lowest BCUT2D eigenvalue weighted by molar-refractivity contribution is -0.120. The Hall–Kier alpha value is -2.11. The van der Waals surface area contributed by atoms with Gasteiger partial charge in [0, 0.05) is 12.3 Å². The number of halogens is 1. The number of nitrogens with two attached hydrogens (primary N) is 1. The van der Waals surface area contributed by atoms with E-state index < -0.39 is 0 Å². The normalized spacial score (nSPS) is 10.1. The molecular formula is C14H14ClN3O2. The minimum absolute atomic E-state index is 0.223. The van der Waals surface area contributed by atoms with Gasteiger partial charge in [-0.05, 0) is 11.1 Å². The Labute approximate surface area is 121 Å². The molecule has 0 bridgehead atoms. The van der Waals surface area contributed by atoms with Crippen molar-refractivity contribution >= 4 is 17.5 Å². The highest BCUT2D eigenvalue weighted by atomic mass is 35.5. The van der Waals surface area contributed by atoms with Gasteiger partial charge >= 0.3 is 0 Å². The summed E-state index contributed by atoms with van der Waals surface area (Å²) in [5, 5.41) is 0.533. The van der Waals surface area contributed by atoms with Crippen LogP contribution in [0.25, 0.3) is 0 Å². The fourth-order valence-electron chi connectivity index (χ4n) is 1.63. The molecule has 0 aliphatic rings. The van der Waals surface area contributed by atoms with Gasteiger partial charge in [0.15, 0.2) is 0 Å². The third kappa shape index (κ3) is 4.22.